The molecule has 5 nitrogen and oxygen atoms in total. The van der Waals surface area contributed by atoms with Crippen molar-refractivity contribution >= 4 is 27.7 Å². The second kappa shape index (κ2) is 11.6. The van der Waals surface area contributed by atoms with E-state index in [2.05, 4.69) is 21.2 Å². The Morgan fingerprint density at radius 1 is 1.14 bits per heavy atom. The molecule has 2 aromatic rings. The second-order valence-corrected chi connectivity index (χ2v) is 7.70. The number of hydrogen-bond donors (Lipinski definition) is 1. The van der Waals surface area contributed by atoms with Crippen molar-refractivity contribution in [3.05, 3.63) is 64.1 Å². The summed E-state index contributed by atoms with van der Waals surface area (Å²) >= 11 is 3.46. The SMILES string of the molecule is CCNC(=O)[C@@H](CC)N(CCc1ccccc1)C(=O)COc1ccc(Br)c(C)c1. The molecule has 1 N–H and O–H groups in total. The largest absolute Gasteiger partial charge is 0.484 e. The van der Waals surface area contributed by atoms with Crippen LogP contribution in [0.4, 0.5) is 0 Å². The fourth-order valence-corrected chi connectivity index (χ4v) is 3.37. The van der Waals surface area contributed by atoms with Crippen molar-refractivity contribution < 1.29 is 14.3 Å². The van der Waals surface area contributed by atoms with Crippen molar-refractivity contribution in [2.75, 3.05) is 19.7 Å². The van der Waals surface area contributed by atoms with E-state index < -0.39 is 6.04 Å². The third-order valence-electron chi connectivity index (χ3n) is 4.71. The average Bonchev–Trinajstić information content (AvgIpc) is 2.72. The molecule has 156 valence electrons. The molecule has 0 aliphatic heterocycles. The molecule has 0 bridgehead atoms. The van der Waals surface area contributed by atoms with Crippen LogP contribution >= 0.6 is 15.9 Å². The number of rotatable bonds is 10. The van der Waals surface area contributed by atoms with Crippen molar-refractivity contribution in [3.63, 3.8) is 0 Å². The van der Waals surface area contributed by atoms with E-state index in [4.69, 9.17) is 4.74 Å². The van der Waals surface area contributed by atoms with Crippen molar-refractivity contribution in [2.45, 2.75) is 39.7 Å². The monoisotopic (exact) mass is 460 g/mol. The van der Waals surface area contributed by atoms with Crippen molar-refractivity contribution in [3.8, 4) is 5.75 Å². The lowest BCUT2D eigenvalue weighted by molar-refractivity contribution is -0.142. The van der Waals surface area contributed by atoms with Gasteiger partial charge in [0, 0.05) is 17.6 Å². The summed E-state index contributed by atoms with van der Waals surface area (Å²) in [6.07, 6.45) is 1.23. The molecule has 0 saturated heterocycles. The van der Waals surface area contributed by atoms with E-state index in [1.807, 2.05) is 69.3 Å². The lowest BCUT2D eigenvalue weighted by atomic mass is 10.1. The lowest BCUT2D eigenvalue weighted by Gasteiger charge is -2.30. The summed E-state index contributed by atoms with van der Waals surface area (Å²) in [5.41, 5.74) is 2.16. The van der Waals surface area contributed by atoms with Crippen LogP contribution in [0.1, 0.15) is 31.4 Å². The van der Waals surface area contributed by atoms with Crippen LogP contribution in [-0.2, 0) is 16.0 Å². The summed E-state index contributed by atoms with van der Waals surface area (Å²) < 4.78 is 6.72. The van der Waals surface area contributed by atoms with Gasteiger partial charge in [0.05, 0.1) is 0 Å². The minimum atomic E-state index is -0.513. The number of ether oxygens (including phenoxy) is 1. The predicted octanol–water partition coefficient (Wildman–Crippen LogP) is 4.12. The quantitative estimate of drug-likeness (QED) is 0.579. The number of aryl methyl sites for hydroxylation is 1. The van der Waals surface area contributed by atoms with E-state index in [1.165, 1.54) is 0 Å². The number of halogens is 1. The number of hydrogen-bond acceptors (Lipinski definition) is 3. The summed E-state index contributed by atoms with van der Waals surface area (Å²) in [6, 6.07) is 15.0. The van der Waals surface area contributed by atoms with Gasteiger partial charge in [0.2, 0.25) is 5.91 Å². The summed E-state index contributed by atoms with van der Waals surface area (Å²) in [5, 5.41) is 2.84. The highest BCUT2D eigenvalue weighted by Gasteiger charge is 2.28. The maximum atomic E-state index is 13.0. The van der Waals surface area contributed by atoms with Gasteiger partial charge in [-0.15, -0.1) is 0 Å². The number of carbonyl (C=O) groups excluding carboxylic acids is 2. The Morgan fingerprint density at radius 3 is 2.48 bits per heavy atom. The van der Waals surface area contributed by atoms with E-state index in [0.717, 1.165) is 15.6 Å². The van der Waals surface area contributed by atoms with Crippen molar-refractivity contribution in [1.29, 1.82) is 0 Å². The van der Waals surface area contributed by atoms with Gasteiger partial charge in [-0.05, 0) is 56.0 Å². The minimum absolute atomic E-state index is 0.105. The molecule has 0 spiro atoms. The molecule has 2 amide bonds. The number of amides is 2. The van der Waals surface area contributed by atoms with Gasteiger partial charge in [-0.25, -0.2) is 0 Å². The first-order chi connectivity index (χ1) is 14.0. The van der Waals surface area contributed by atoms with Crippen LogP contribution in [0, 0.1) is 6.92 Å². The maximum Gasteiger partial charge on any atom is 0.261 e. The predicted molar refractivity (Wildman–Crippen MR) is 119 cm³/mol. The van der Waals surface area contributed by atoms with Crippen LogP contribution in [0.25, 0.3) is 0 Å². The Hall–Kier alpha value is -2.34. The molecule has 0 heterocycles. The average molecular weight is 461 g/mol. The molecule has 6 heteroatoms. The number of nitrogens with zero attached hydrogens (tertiary/aromatic N) is 1. The van der Waals surface area contributed by atoms with Gasteiger partial charge in [0.1, 0.15) is 11.8 Å². The molecule has 0 unspecified atom stereocenters. The topological polar surface area (TPSA) is 58.6 Å². The Morgan fingerprint density at radius 2 is 1.86 bits per heavy atom. The van der Waals surface area contributed by atoms with Gasteiger partial charge in [-0.2, -0.15) is 0 Å². The van der Waals surface area contributed by atoms with E-state index >= 15 is 0 Å². The number of likely N-dealkylation sites (N-methyl/N-ethyl adjacent to an activating group) is 1. The van der Waals surface area contributed by atoms with Crippen molar-refractivity contribution in [1.82, 2.24) is 10.2 Å². The highest BCUT2D eigenvalue weighted by molar-refractivity contribution is 9.10. The maximum absolute atomic E-state index is 13.0. The summed E-state index contributed by atoms with van der Waals surface area (Å²) in [5.74, 6) is 0.309. The van der Waals surface area contributed by atoms with Crippen LogP contribution in [-0.4, -0.2) is 42.5 Å². The van der Waals surface area contributed by atoms with Gasteiger partial charge in [-0.3, -0.25) is 9.59 Å². The minimum Gasteiger partial charge on any atom is -0.484 e. The molecule has 0 aromatic heterocycles. The fraction of sp³-hybridized carbons (Fsp3) is 0.391. The Labute approximate surface area is 181 Å². The third kappa shape index (κ3) is 6.89. The first kappa shape index (κ1) is 22.9. The van der Waals surface area contributed by atoms with Gasteiger partial charge < -0.3 is 15.0 Å². The van der Waals surface area contributed by atoms with Gasteiger partial charge in [0.25, 0.3) is 5.91 Å². The van der Waals surface area contributed by atoms with Crippen LogP contribution in [0.15, 0.2) is 53.0 Å². The highest BCUT2D eigenvalue weighted by Crippen LogP contribution is 2.21. The molecule has 2 aromatic carbocycles. The first-order valence-electron chi connectivity index (χ1n) is 9.96. The van der Waals surface area contributed by atoms with Gasteiger partial charge >= 0.3 is 0 Å². The molecule has 0 saturated carbocycles. The van der Waals surface area contributed by atoms with Crippen LogP contribution < -0.4 is 10.1 Å². The highest BCUT2D eigenvalue weighted by atomic mass is 79.9. The third-order valence-corrected chi connectivity index (χ3v) is 5.60. The summed E-state index contributed by atoms with van der Waals surface area (Å²) in [4.78, 5) is 27.2. The van der Waals surface area contributed by atoms with E-state index in [0.29, 0.717) is 31.7 Å². The van der Waals surface area contributed by atoms with Crippen LogP contribution in [0.5, 0.6) is 5.75 Å². The Balaban J connectivity index is 2.11. The zero-order valence-electron chi connectivity index (χ0n) is 17.3. The normalized spacial score (nSPS) is 11.6. The molecule has 2 rings (SSSR count). The van der Waals surface area contributed by atoms with Crippen LogP contribution in [0.2, 0.25) is 0 Å². The van der Waals surface area contributed by atoms with E-state index in [-0.39, 0.29) is 18.4 Å². The number of benzene rings is 2. The molecule has 0 fully saturated rings. The van der Waals surface area contributed by atoms with Gasteiger partial charge in [-0.1, -0.05) is 53.2 Å². The Kier molecular flexibility index (Phi) is 9.19. The summed E-state index contributed by atoms with van der Waals surface area (Å²) in [6.45, 7) is 6.65. The van der Waals surface area contributed by atoms with E-state index in [1.54, 1.807) is 4.90 Å². The molecule has 29 heavy (non-hydrogen) atoms. The Bertz CT molecular complexity index is 811. The molecule has 0 aliphatic rings. The molecule has 1 atom stereocenters. The zero-order valence-corrected chi connectivity index (χ0v) is 18.9. The fourth-order valence-electron chi connectivity index (χ4n) is 3.12. The molecule has 0 radical (unpaired) electrons. The molecular formula is C23H29BrN2O3. The van der Waals surface area contributed by atoms with Crippen LogP contribution in [0.3, 0.4) is 0 Å². The smallest absolute Gasteiger partial charge is 0.261 e. The first-order valence-corrected chi connectivity index (χ1v) is 10.8. The number of carbonyl (C=O) groups is 2. The van der Waals surface area contributed by atoms with E-state index in [9.17, 15) is 9.59 Å². The molecular weight excluding hydrogens is 432 g/mol. The molecule has 0 aliphatic carbocycles. The summed E-state index contributed by atoms with van der Waals surface area (Å²) in [7, 11) is 0. The van der Waals surface area contributed by atoms with Gasteiger partial charge in [0.15, 0.2) is 6.61 Å². The number of nitrogens with one attached hydrogen (secondary N) is 1. The standard InChI is InChI=1S/C23H29BrN2O3/c1-4-21(23(28)25-5-2)26(14-13-18-9-7-6-8-10-18)22(27)16-29-19-11-12-20(24)17(3)15-19/h6-12,15,21H,4-5,13-14,16H2,1-3H3,(H,25,28)/t21-/m1/s1. The van der Waals surface area contributed by atoms with Crippen molar-refractivity contribution in [2.24, 2.45) is 0 Å². The zero-order chi connectivity index (χ0) is 21.2. The second-order valence-electron chi connectivity index (χ2n) is 6.84. The lowest BCUT2D eigenvalue weighted by Crippen LogP contribution is -2.51.